The highest BCUT2D eigenvalue weighted by molar-refractivity contribution is 5.89. The normalized spacial score (nSPS) is 13.1. The molecule has 1 aliphatic carbocycles. The number of alkyl carbamates (subject to hydrolysis) is 1. The number of nitriles is 1. The molecule has 0 spiro atoms. The van der Waals surface area contributed by atoms with Crippen LogP contribution in [0.4, 0.5) is 4.79 Å². The van der Waals surface area contributed by atoms with E-state index < -0.39 is 30.1 Å². The molecule has 3 rings (SSSR count). The van der Waals surface area contributed by atoms with Crippen LogP contribution in [-0.2, 0) is 14.3 Å². The molecule has 2 atom stereocenters. The highest BCUT2D eigenvalue weighted by Gasteiger charge is 2.30. The van der Waals surface area contributed by atoms with Gasteiger partial charge in [0.05, 0.1) is 6.07 Å². The molecule has 180 valence electrons. The molecule has 8 nitrogen and oxygen atoms in total. The van der Waals surface area contributed by atoms with Crippen molar-refractivity contribution in [3.8, 4) is 29.0 Å². The van der Waals surface area contributed by atoms with Crippen molar-refractivity contribution in [3.63, 3.8) is 0 Å². The number of hydrogen-bond donors (Lipinski definition) is 3. The van der Waals surface area contributed by atoms with E-state index in [1.54, 1.807) is 6.92 Å². The molecule has 0 aliphatic heterocycles. The summed E-state index contributed by atoms with van der Waals surface area (Å²) >= 11 is 0. The summed E-state index contributed by atoms with van der Waals surface area (Å²) in [6, 6.07) is 15.6. The van der Waals surface area contributed by atoms with E-state index in [1.165, 1.54) is 0 Å². The number of amides is 2. The lowest BCUT2D eigenvalue weighted by Crippen LogP contribution is -2.51. The van der Waals surface area contributed by atoms with E-state index in [9.17, 15) is 19.5 Å². The lowest BCUT2D eigenvalue weighted by molar-refractivity contribution is -0.142. The number of carboxylic acid groups (broad SMARTS) is 1. The molecule has 3 N–H and O–H groups in total. The van der Waals surface area contributed by atoms with Gasteiger partial charge < -0.3 is 20.5 Å². The quantitative estimate of drug-likeness (QED) is 0.357. The average Bonchev–Trinajstić information content (AvgIpc) is 3.18. The number of fused-ring (bicyclic) bond motifs is 3. The third-order valence-corrected chi connectivity index (χ3v) is 5.83. The molecule has 2 unspecified atom stereocenters. The lowest BCUT2D eigenvalue weighted by atomic mass is 9.98. The van der Waals surface area contributed by atoms with Crippen LogP contribution in [0.5, 0.6) is 0 Å². The van der Waals surface area contributed by atoms with Crippen molar-refractivity contribution in [1.82, 2.24) is 10.6 Å². The number of unbranched alkanes of at least 4 members (excludes halogenated alkanes) is 1. The summed E-state index contributed by atoms with van der Waals surface area (Å²) in [7, 11) is 0. The third-order valence-electron chi connectivity index (χ3n) is 5.83. The van der Waals surface area contributed by atoms with Crippen molar-refractivity contribution in [3.05, 3.63) is 59.7 Å². The van der Waals surface area contributed by atoms with Crippen molar-refractivity contribution < 1.29 is 24.2 Å². The third kappa shape index (κ3) is 6.39. The SMILES string of the molecule is CC#CCC(NC(=O)C(CCCC#N)NC(=O)OCC1c2ccccc2-c2ccccc21)C(=O)O. The first-order valence-corrected chi connectivity index (χ1v) is 11.4. The van der Waals surface area contributed by atoms with E-state index in [0.29, 0.717) is 6.42 Å². The smallest absolute Gasteiger partial charge is 0.407 e. The predicted molar refractivity (Wildman–Crippen MR) is 129 cm³/mol. The van der Waals surface area contributed by atoms with E-state index in [4.69, 9.17) is 10.00 Å². The number of benzene rings is 2. The van der Waals surface area contributed by atoms with Crippen LogP contribution in [0.15, 0.2) is 48.5 Å². The summed E-state index contributed by atoms with van der Waals surface area (Å²) in [4.78, 5) is 36.9. The lowest BCUT2D eigenvalue weighted by Gasteiger charge is -2.21. The Labute approximate surface area is 204 Å². The average molecular weight is 474 g/mol. The fraction of sp³-hybridized carbons (Fsp3) is 0.333. The molecular weight excluding hydrogens is 446 g/mol. The van der Waals surface area contributed by atoms with Gasteiger partial charge >= 0.3 is 12.1 Å². The molecule has 8 heteroatoms. The van der Waals surface area contributed by atoms with Crippen molar-refractivity contribution in [1.29, 1.82) is 5.26 Å². The topological polar surface area (TPSA) is 129 Å². The second-order valence-corrected chi connectivity index (χ2v) is 8.10. The van der Waals surface area contributed by atoms with Gasteiger partial charge in [-0.2, -0.15) is 5.26 Å². The minimum atomic E-state index is -1.22. The maximum Gasteiger partial charge on any atom is 0.407 e. The Morgan fingerprint density at radius 1 is 1.03 bits per heavy atom. The fourth-order valence-electron chi connectivity index (χ4n) is 4.11. The van der Waals surface area contributed by atoms with Crippen LogP contribution in [0.2, 0.25) is 0 Å². The van der Waals surface area contributed by atoms with E-state index in [2.05, 4.69) is 22.5 Å². The van der Waals surface area contributed by atoms with Gasteiger partial charge in [-0.3, -0.25) is 4.79 Å². The van der Waals surface area contributed by atoms with Crippen LogP contribution in [0.3, 0.4) is 0 Å². The van der Waals surface area contributed by atoms with E-state index in [-0.39, 0.29) is 31.8 Å². The molecule has 0 radical (unpaired) electrons. The highest BCUT2D eigenvalue weighted by atomic mass is 16.5. The number of carbonyl (C=O) groups excluding carboxylic acids is 2. The van der Waals surface area contributed by atoms with Gasteiger partial charge in [0, 0.05) is 18.8 Å². The Kier molecular flexibility index (Phi) is 8.86. The van der Waals surface area contributed by atoms with E-state index in [1.807, 2.05) is 54.6 Å². The number of rotatable bonds is 10. The highest BCUT2D eigenvalue weighted by Crippen LogP contribution is 2.44. The van der Waals surface area contributed by atoms with Crippen molar-refractivity contribution >= 4 is 18.0 Å². The maximum absolute atomic E-state index is 12.8. The van der Waals surface area contributed by atoms with Gasteiger partial charge in [-0.15, -0.1) is 11.8 Å². The van der Waals surface area contributed by atoms with Crippen LogP contribution >= 0.6 is 0 Å². The molecule has 1 aliphatic rings. The van der Waals surface area contributed by atoms with Gasteiger partial charge in [0.15, 0.2) is 0 Å². The van der Waals surface area contributed by atoms with Gasteiger partial charge in [0.25, 0.3) is 0 Å². The standard InChI is InChI=1S/C27H27N3O5/c1-2-3-14-24(26(32)33)29-25(31)23(15-8-9-16-28)30-27(34)35-17-22-20-12-6-4-10-18(20)19-11-5-7-13-21(19)22/h4-7,10-13,22-24H,8-9,14-15,17H2,1H3,(H,29,31)(H,30,34)(H,32,33). The predicted octanol–water partition coefficient (Wildman–Crippen LogP) is 3.57. The van der Waals surface area contributed by atoms with Gasteiger partial charge in [0.2, 0.25) is 5.91 Å². The Balaban J connectivity index is 1.66. The minimum Gasteiger partial charge on any atom is -0.480 e. The van der Waals surface area contributed by atoms with Gasteiger partial charge in [-0.1, -0.05) is 48.5 Å². The molecule has 0 saturated heterocycles. The number of nitrogens with zero attached hydrogens (tertiary/aromatic N) is 1. The zero-order valence-electron chi connectivity index (χ0n) is 19.4. The largest absolute Gasteiger partial charge is 0.480 e. The van der Waals surface area contributed by atoms with Crippen LogP contribution in [0.25, 0.3) is 11.1 Å². The van der Waals surface area contributed by atoms with Crippen molar-refractivity contribution in [2.45, 2.75) is 50.6 Å². The number of nitrogens with one attached hydrogen (secondary N) is 2. The summed E-state index contributed by atoms with van der Waals surface area (Å²) in [6.45, 7) is 1.65. The summed E-state index contributed by atoms with van der Waals surface area (Å²) in [5, 5.41) is 23.1. The molecule has 0 fully saturated rings. The van der Waals surface area contributed by atoms with Crippen LogP contribution in [0.1, 0.15) is 49.7 Å². The first-order chi connectivity index (χ1) is 17.0. The number of carboxylic acids is 1. The van der Waals surface area contributed by atoms with E-state index in [0.717, 1.165) is 22.3 Å². The van der Waals surface area contributed by atoms with Gasteiger partial charge in [0.1, 0.15) is 18.7 Å². The molecule has 2 amide bonds. The second-order valence-electron chi connectivity index (χ2n) is 8.10. The fourth-order valence-corrected chi connectivity index (χ4v) is 4.11. The Bertz CT molecular complexity index is 1150. The number of aliphatic carboxylic acids is 1. The maximum atomic E-state index is 12.8. The molecule has 35 heavy (non-hydrogen) atoms. The number of hydrogen-bond acceptors (Lipinski definition) is 5. The second kappa shape index (κ2) is 12.2. The molecule has 0 aromatic heterocycles. The zero-order chi connectivity index (χ0) is 25.2. The molecule has 0 saturated carbocycles. The summed E-state index contributed by atoms with van der Waals surface area (Å²) in [5.74, 6) is 3.21. The molecule has 2 aromatic carbocycles. The Hall–Kier alpha value is -4.30. The zero-order valence-corrected chi connectivity index (χ0v) is 19.4. The number of carbonyl (C=O) groups is 3. The van der Waals surface area contributed by atoms with Crippen LogP contribution in [0, 0.1) is 23.2 Å². The monoisotopic (exact) mass is 473 g/mol. The molecule has 0 bridgehead atoms. The number of ether oxygens (including phenoxy) is 1. The van der Waals surface area contributed by atoms with Crippen LogP contribution < -0.4 is 10.6 Å². The van der Waals surface area contributed by atoms with Crippen LogP contribution in [-0.4, -0.2) is 41.8 Å². The summed E-state index contributed by atoms with van der Waals surface area (Å²) in [6.07, 6.45) is -0.142. The van der Waals surface area contributed by atoms with Gasteiger partial charge in [-0.05, 0) is 42.0 Å². The molecule has 2 aromatic rings. The summed E-state index contributed by atoms with van der Waals surface area (Å²) < 4.78 is 5.51. The molecule has 0 heterocycles. The first-order valence-electron chi connectivity index (χ1n) is 11.4. The van der Waals surface area contributed by atoms with Gasteiger partial charge in [-0.25, -0.2) is 9.59 Å². The minimum absolute atomic E-state index is 0.0621. The Morgan fingerprint density at radius 2 is 1.66 bits per heavy atom. The van der Waals surface area contributed by atoms with E-state index >= 15 is 0 Å². The molecular formula is C27H27N3O5. The van der Waals surface area contributed by atoms with Crippen molar-refractivity contribution in [2.75, 3.05) is 6.61 Å². The summed E-state index contributed by atoms with van der Waals surface area (Å²) in [5.41, 5.74) is 4.32. The van der Waals surface area contributed by atoms with Crippen molar-refractivity contribution in [2.24, 2.45) is 0 Å². The Morgan fingerprint density at radius 3 is 2.23 bits per heavy atom. The first kappa shape index (κ1) is 25.3.